The number of benzene rings is 1. The molecule has 1 fully saturated rings. The van der Waals surface area contributed by atoms with Crippen molar-refractivity contribution in [2.75, 3.05) is 12.9 Å². The average Bonchev–Trinajstić information content (AvgIpc) is 2.69. The molecule has 1 saturated carbocycles. The van der Waals surface area contributed by atoms with Crippen LogP contribution in [-0.4, -0.2) is 43.3 Å². The Labute approximate surface area is 168 Å². The molecule has 1 heterocycles. The van der Waals surface area contributed by atoms with Crippen molar-refractivity contribution < 1.29 is 27.4 Å². The van der Waals surface area contributed by atoms with E-state index in [2.05, 4.69) is 10.3 Å². The average molecular weight is 422 g/mol. The molecule has 1 aliphatic carbocycles. The molecular weight excluding hydrogens is 399 g/mol. The van der Waals surface area contributed by atoms with E-state index in [0.29, 0.717) is 0 Å². The van der Waals surface area contributed by atoms with Gasteiger partial charge in [-0.3, -0.25) is 4.79 Å². The SMILES string of the molecule is CS(=O)(=O)c1cccc(Oc2ncc(F)cc2C(=O)NC2CCC(CO)CC2)c1. The van der Waals surface area contributed by atoms with Gasteiger partial charge in [0, 0.05) is 18.9 Å². The second-order valence-electron chi connectivity index (χ2n) is 7.23. The molecule has 1 aromatic heterocycles. The third kappa shape index (κ3) is 5.51. The zero-order chi connectivity index (χ0) is 21.0. The highest BCUT2D eigenvalue weighted by molar-refractivity contribution is 7.90. The smallest absolute Gasteiger partial charge is 0.257 e. The van der Waals surface area contributed by atoms with Gasteiger partial charge >= 0.3 is 0 Å². The van der Waals surface area contributed by atoms with Crippen LogP contribution in [0.1, 0.15) is 36.0 Å². The van der Waals surface area contributed by atoms with Gasteiger partial charge in [0.1, 0.15) is 17.1 Å². The van der Waals surface area contributed by atoms with Gasteiger partial charge in [0.25, 0.3) is 5.91 Å². The lowest BCUT2D eigenvalue weighted by atomic mass is 9.86. The van der Waals surface area contributed by atoms with E-state index in [0.717, 1.165) is 44.2 Å². The molecule has 0 saturated heterocycles. The highest BCUT2D eigenvalue weighted by atomic mass is 32.2. The highest BCUT2D eigenvalue weighted by Crippen LogP contribution is 2.27. The predicted molar refractivity (Wildman–Crippen MR) is 104 cm³/mol. The van der Waals surface area contributed by atoms with Gasteiger partial charge in [-0.2, -0.15) is 0 Å². The summed E-state index contributed by atoms with van der Waals surface area (Å²) in [5.41, 5.74) is -0.0703. The maximum Gasteiger partial charge on any atom is 0.257 e. The standard InChI is InChI=1S/C20H23FN2O5S/c1-29(26,27)17-4-2-3-16(10-17)28-20-18(9-14(21)11-22-20)19(25)23-15-7-5-13(12-24)6-8-15/h2-4,9-11,13,15,24H,5-8,12H2,1H3,(H,23,25). The van der Waals surface area contributed by atoms with E-state index < -0.39 is 21.6 Å². The van der Waals surface area contributed by atoms with Gasteiger partial charge in [0.05, 0.1) is 11.1 Å². The fourth-order valence-corrected chi connectivity index (χ4v) is 3.96. The largest absolute Gasteiger partial charge is 0.438 e. The van der Waals surface area contributed by atoms with Crippen LogP contribution in [0.3, 0.4) is 0 Å². The molecule has 7 nitrogen and oxygen atoms in total. The Bertz CT molecular complexity index is 988. The van der Waals surface area contributed by atoms with Crippen molar-refractivity contribution in [1.29, 1.82) is 0 Å². The van der Waals surface area contributed by atoms with Crippen molar-refractivity contribution in [3.63, 3.8) is 0 Å². The first kappa shape index (κ1) is 21.2. The van der Waals surface area contributed by atoms with Crippen LogP contribution in [0.25, 0.3) is 0 Å². The Morgan fingerprint density at radius 1 is 1.28 bits per heavy atom. The molecule has 0 bridgehead atoms. The summed E-state index contributed by atoms with van der Waals surface area (Å²) in [6.07, 6.45) is 5.08. The van der Waals surface area contributed by atoms with Crippen molar-refractivity contribution in [3.05, 3.63) is 47.9 Å². The Balaban J connectivity index is 1.79. The number of nitrogens with one attached hydrogen (secondary N) is 1. The quantitative estimate of drug-likeness (QED) is 0.742. The van der Waals surface area contributed by atoms with Crippen LogP contribution in [0.15, 0.2) is 41.4 Å². The number of carbonyl (C=O) groups is 1. The van der Waals surface area contributed by atoms with Crippen molar-refractivity contribution in [2.45, 2.75) is 36.6 Å². The van der Waals surface area contributed by atoms with Gasteiger partial charge in [0.15, 0.2) is 9.84 Å². The van der Waals surface area contributed by atoms with Gasteiger partial charge in [-0.15, -0.1) is 0 Å². The van der Waals surface area contributed by atoms with Gasteiger partial charge in [-0.25, -0.2) is 17.8 Å². The van der Waals surface area contributed by atoms with E-state index in [1.165, 1.54) is 24.3 Å². The number of aliphatic hydroxyl groups is 1. The maximum atomic E-state index is 13.7. The Morgan fingerprint density at radius 3 is 2.66 bits per heavy atom. The van der Waals surface area contributed by atoms with Crippen molar-refractivity contribution in [3.8, 4) is 11.6 Å². The molecule has 1 aliphatic rings. The lowest BCUT2D eigenvalue weighted by molar-refractivity contribution is 0.0910. The monoisotopic (exact) mass is 422 g/mol. The Morgan fingerprint density at radius 2 is 2.00 bits per heavy atom. The van der Waals surface area contributed by atoms with Gasteiger partial charge in [0.2, 0.25) is 5.88 Å². The Kier molecular flexibility index (Phi) is 6.49. The number of hydrogen-bond donors (Lipinski definition) is 2. The molecular formula is C20H23FN2O5S. The topological polar surface area (TPSA) is 106 Å². The van der Waals surface area contributed by atoms with Crippen molar-refractivity contribution in [2.24, 2.45) is 5.92 Å². The third-order valence-electron chi connectivity index (χ3n) is 4.95. The van der Waals surface area contributed by atoms with E-state index in [1.807, 2.05) is 0 Å². The van der Waals surface area contributed by atoms with E-state index in [1.54, 1.807) is 0 Å². The summed E-state index contributed by atoms with van der Waals surface area (Å²) in [7, 11) is -3.43. The number of halogens is 1. The minimum atomic E-state index is -3.43. The van der Waals surface area contributed by atoms with E-state index in [9.17, 15) is 22.7 Å². The van der Waals surface area contributed by atoms with Crippen LogP contribution in [0.5, 0.6) is 11.6 Å². The number of nitrogens with zero attached hydrogens (tertiary/aromatic N) is 1. The lowest BCUT2D eigenvalue weighted by Crippen LogP contribution is -2.38. The van der Waals surface area contributed by atoms with E-state index in [-0.39, 0.29) is 40.7 Å². The zero-order valence-corrected chi connectivity index (χ0v) is 16.8. The maximum absolute atomic E-state index is 13.7. The number of hydrogen-bond acceptors (Lipinski definition) is 6. The number of ether oxygens (including phenoxy) is 1. The van der Waals surface area contributed by atoms with Crippen LogP contribution in [0, 0.1) is 11.7 Å². The van der Waals surface area contributed by atoms with Crippen LogP contribution in [-0.2, 0) is 9.84 Å². The summed E-state index contributed by atoms with van der Waals surface area (Å²) >= 11 is 0. The number of carbonyl (C=O) groups excluding carboxylic acids is 1. The Hall–Kier alpha value is -2.52. The number of pyridine rings is 1. The third-order valence-corrected chi connectivity index (χ3v) is 6.06. The van der Waals surface area contributed by atoms with Crippen molar-refractivity contribution in [1.82, 2.24) is 10.3 Å². The van der Waals surface area contributed by atoms with Crippen LogP contribution in [0.4, 0.5) is 4.39 Å². The fraction of sp³-hybridized carbons (Fsp3) is 0.400. The van der Waals surface area contributed by atoms with Gasteiger partial charge in [-0.05, 0) is 55.9 Å². The molecule has 0 aliphatic heterocycles. The number of aromatic nitrogens is 1. The molecule has 0 atom stereocenters. The minimum absolute atomic E-state index is 0.0590. The van der Waals surface area contributed by atoms with E-state index in [4.69, 9.17) is 4.74 Å². The van der Waals surface area contributed by atoms with E-state index >= 15 is 0 Å². The number of sulfone groups is 1. The molecule has 156 valence electrons. The van der Waals surface area contributed by atoms with Crippen molar-refractivity contribution >= 4 is 15.7 Å². The van der Waals surface area contributed by atoms with Crippen LogP contribution in [0.2, 0.25) is 0 Å². The minimum Gasteiger partial charge on any atom is -0.438 e. The summed E-state index contributed by atoms with van der Waals surface area (Å²) in [6, 6.07) is 6.74. The molecule has 0 unspecified atom stereocenters. The molecule has 2 aromatic rings. The van der Waals surface area contributed by atoms with Crippen LogP contribution < -0.4 is 10.1 Å². The fourth-order valence-electron chi connectivity index (χ4n) is 3.30. The number of amides is 1. The first-order valence-electron chi connectivity index (χ1n) is 9.31. The molecule has 0 spiro atoms. The summed E-state index contributed by atoms with van der Waals surface area (Å²) in [4.78, 5) is 16.6. The summed E-state index contributed by atoms with van der Waals surface area (Å²) in [5, 5.41) is 12.1. The van der Waals surface area contributed by atoms with Crippen LogP contribution >= 0.6 is 0 Å². The number of aliphatic hydroxyl groups excluding tert-OH is 1. The van der Waals surface area contributed by atoms with Gasteiger partial charge in [-0.1, -0.05) is 6.07 Å². The summed E-state index contributed by atoms with van der Waals surface area (Å²) < 4.78 is 42.8. The molecule has 3 rings (SSSR count). The number of rotatable bonds is 6. The first-order chi connectivity index (χ1) is 13.8. The second kappa shape index (κ2) is 8.87. The summed E-state index contributed by atoms with van der Waals surface area (Å²) in [5.74, 6) is -0.891. The molecule has 1 aromatic carbocycles. The molecule has 0 radical (unpaired) electrons. The second-order valence-corrected chi connectivity index (χ2v) is 9.24. The molecule has 29 heavy (non-hydrogen) atoms. The van der Waals surface area contributed by atoms with Gasteiger partial charge < -0.3 is 15.2 Å². The normalized spacial score (nSPS) is 19.6. The molecule has 2 N–H and O–H groups in total. The first-order valence-corrected chi connectivity index (χ1v) is 11.2. The zero-order valence-electron chi connectivity index (χ0n) is 16.0. The summed E-state index contributed by atoms with van der Waals surface area (Å²) in [6.45, 7) is 0.138. The predicted octanol–water partition coefficient (Wildman–Crippen LogP) is 2.70. The molecule has 1 amide bonds. The highest BCUT2D eigenvalue weighted by Gasteiger charge is 2.24. The lowest BCUT2D eigenvalue weighted by Gasteiger charge is -2.28. The molecule has 9 heteroatoms.